The first-order valence-electron chi connectivity index (χ1n) is 9.20. The van der Waals surface area contributed by atoms with Crippen molar-refractivity contribution >= 4 is 41.3 Å². The van der Waals surface area contributed by atoms with Crippen LogP contribution in [0.2, 0.25) is 0 Å². The molecule has 0 aliphatic carbocycles. The highest BCUT2D eigenvalue weighted by Gasteiger charge is 2.13. The quantitative estimate of drug-likeness (QED) is 0.561. The summed E-state index contributed by atoms with van der Waals surface area (Å²) in [6.45, 7) is 13.0. The van der Waals surface area contributed by atoms with E-state index in [1.165, 1.54) is 0 Å². The van der Waals surface area contributed by atoms with Crippen LogP contribution in [-0.2, 0) is 13.1 Å². The Hall–Kier alpha value is -3.63. The van der Waals surface area contributed by atoms with Gasteiger partial charge in [-0.1, -0.05) is 0 Å². The van der Waals surface area contributed by atoms with Gasteiger partial charge in [-0.25, -0.2) is 14.4 Å². The molecule has 0 radical (unpaired) electrons. The molecule has 0 aromatic carbocycles. The van der Waals surface area contributed by atoms with Crippen molar-refractivity contribution in [2.75, 3.05) is 18.0 Å². The average Bonchev–Trinajstić information content (AvgIpc) is 3.13. The minimum atomic E-state index is 0.350. The third kappa shape index (κ3) is 4.62. The van der Waals surface area contributed by atoms with Crippen molar-refractivity contribution < 1.29 is 0 Å². The van der Waals surface area contributed by atoms with Gasteiger partial charge in [-0.3, -0.25) is 9.98 Å². The van der Waals surface area contributed by atoms with Crippen molar-refractivity contribution in [3.63, 3.8) is 0 Å². The Balaban J connectivity index is 0.000000234. The van der Waals surface area contributed by atoms with Gasteiger partial charge < -0.3 is 22.9 Å². The number of aliphatic imine (C=N–C) groups is 3. The Bertz CT molecular complexity index is 988. The molecule has 2 aromatic rings. The van der Waals surface area contributed by atoms with Crippen molar-refractivity contribution in [2.45, 2.75) is 40.8 Å². The standard InChI is InChI=1S/C11H17N7.C7H12N4/c1-3-18-11(14)9(6(2)17-18)16-7-4-8(12)10(13)15-5-7;1-4-11-7(8)6(9-3)5(2)10-11/h4H,3,5,12,14H2,1-2H3,(H2,13,15);3-4,8H2,1-2H3. The summed E-state index contributed by atoms with van der Waals surface area (Å²) in [7, 11) is 0. The monoisotopic (exact) mass is 399 g/mol. The largest absolute Gasteiger partial charge is 0.396 e. The lowest BCUT2D eigenvalue weighted by Crippen LogP contribution is -2.26. The van der Waals surface area contributed by atoms with Crippen LogP contribution >= 0.6 is 0 Å². The molecule has 0 saturated carbocycles. The predicted molar refractivity (Wildman–Crippen MR) is 119 cm³/mol. The summed E-state index contributed by atoms with van der Waals surface area (Å²) in [5, 5.41) is 8.46. The molecule has 29 heavy (non-hydrogen) atoms. The topological polar surface area (TPSA) is 177 Å². The van der Waals surface area contributed by atoms with E-state index in [1.54, 1.807) is 15.4 Å². The van der Waals surface area contributed by atoms with Gasteiger partial charge in [-0.05, 0) is 40.5 Å². The SMILES string of the molecule is C=Nc1c(C)nn(CC)c1N.CCn1nc(C)c(N=C2C=C(N)C(N)=NC2)c1N. The number of hydrogen-bond acceptors (Lipinski definition) is 9. The summed E-state index contributed by atoms with van der Waals surface area (Å²) in [5.74, 6) is 1.50. The Labute approximate surface area is 169 Å². The summed E-state index contributed by atoms with van der Waals surface area (Å²) >= 11 is 0. The fourth-order valence-electron chi connectivity index (χ4n) is 2.76. The van der Waals surface area contributed by atoms with Crippen LogP contribution in [0.4, 0.5) is 23.0 Å². The van der Waals surface area contributed by atoms with E-state index in [9.17, 15) is 0 Å². The molecule has 0 bridgehead atoms. The van der Waals surface area contributed by atoms with Gasteiger partial charge in [-0.15, -0.1) is 0 Å². The van der Waals surface area contributed by atoms with Crippen LogP contribution in [0.3, 0.4) is 0 Å². The number of amidine groups is 1. The summed E-state index contributed by atoms with van der Waals surface area (Å²) in [6, 6.07) is 0. The van der Waals surface area contributed by atoms with Crippen LogP contribution in [0.5, 0.6) is 0 Å². The molecule has 0 fully saturated rings. The first kappa shape index (κ1) is 21.7. The van der Waals surface area contributed by atoms with Crippen molar-refractivity contribution in [2.24, 2.45) is 26.4 Å². The van der Waals surface area contributed by atoms with Gasteiger partial charge in [0.05, 0.1) is 29.3 Å². The summed E-state index contributed by atoms with van der Waals surface area (Å²) in [6.07, 6.45) is 1.71. The Kier molecular flexibility index (Phi) is 6.75. The number of hydrogen-bond donors (Lipinski definition) is 4. The number of nitrogen functional groups attached to an aromatic ring is 2. The molecule has 8 N–H and O–H groups in total. The molecule has 3 heterocycles. The molecule has 1 aliphatic heterocycles. The maximum absolute atomic E-state index is 5.97. The van der Waals surface area contributed by atoms with Crippen LogP contribution in [0, 0.1) is 13.8 Å². The average molecular weight is 400 g/mol. The Morgan fingerprint density at radius 2 is 1.48 bits per heavy atom. The van der Waals surface area contributed by atoms with Crippen LogP contribution in [0.25, 0.3) is 0 Å². The molecule has 2 aromatic heterocycles. The van der Waals surface area contributed by atoms with E-state index < -0.39 is 0 Å². The number of rotatable bonds is 4. The molecule has 11 nitrogen and oxygen atoms in total. The normalized spacial score (nSPS) is 14.8. The Morgan fingerprint density at radius 1 is 0.966 bits per heavy atom. The summed E-state index contributed by atoms with van der Waals surface area (Å²) in [4.78, 5) is 12.3. The maximum Gasteiger partial charge on any atom is 0.148 e. The molecule has 156 valence electrons. The van der Waals surface area contributed by atoms with E-state index in [0.29, 0.717) is 47.6 Å². The van der Waals surface area contributed by atoms with Gasteiger partial charge in [0.25, 0.3) is 0 Å². The van der Waals surface area contributed by atoms with E-state index in [2.05, 4.69) is 31.9 Å². The summed E-state index contributed by atoms with van der Waals surface area (Å²) < 4.78 is 3.42. The molecule has 3 rings (SSSR count). The van der Waals surface area contributed by atoms with Gasteiger partial charge in [0, 0.05) is 13.1 Å². The van der Waals surface area contributed by atoms with Crippen LogP contribution < -0.4 is 22.9 Å². The molecule has 1 aliphatic rings. The minimum absolute atomic E-state index is 0.350. The highest BCUT2D eigenvalue weighted by atomic mass is 15.3. The van der Waals surface area contributed by atoms with Gasteiger partial charge >= 0.3 is 0 Å². The lowest BCUT2D eigenvalue weighted by Gasteiger charge is -2.08. The second-order valence-electron chi connectivity index (χ2n) is 6.33. The number of aromatic nitrogens is 4. The molecule has 0 unspecified atom stereocenters. The molecule has 0 spiro atoms. The van der Waals surface area contributed by atoms with Gasteiger partial charge in [0.1, 0.15) is 28.8 Å². The van der Waals surface area contributed by atoms with E-state index in [1.807, 2.05) is 27.7 Å². The highest BCUT2D eigenvalue weighted by molar-refractivity contribution is 6.10. The second-order valence-corrected chi connectivity index (χ2v) is 6.33. The first-order chi connectivity index (χ1) is 13.7. The van der Waals surface area contributed by atoms with Crippen molar-refractivity contribution in [3.05, 3.63) is 23.2 Å². The molecule has 0 atom stereocenters. The zero-order valence-electron chi connectivity index (χ0n) is 17.3. The second kappa shape index (κ2) is 9.04. The minimum Gasteiger partial charge on any atom is -0.396 e. The van der Waals surface area contributed by atoms with Crippen LogP contribution in [-0.4, -0.2) is 44.4 Å². The molecular formula is C18H29N11. The molecule has 0 amide bonds. The maximum atomic E-state index is 5.97. The number of anilines is 2. The van der Waals surface area contributed by atoms with Gasteiger partial charge in [0.2, 0.25) is 0 Å². The zero-order valence-corrected chi connectivity index (χ0v) is 17.3. The summed E-state index contributed by atoms with van der Waals surface area (Å²) in [5.41, 5.74) is 27.1. The lowest BCUT2D eigenvalue weighted by atomic mass is 10.2. The highest BCUT2D eigenvalue weighted by Crippen LogP contribution is 2.27. The molecule has 11 heteroatoms. The zero-order chi connectivity index (χ0) is 21.7. The molecular weight excluding hydrogens is 370 g/mol. The first-order valence-corrected chi connectivity index (χ1v) is 9.20. The fraction of sp³-hybridized carbons (Fsp3) is 0.389. The van der Waals surface area contributed by atoms with E-state index in [4.69, 9.17) is 22.9 Å². The number of nitrogens with zero attached hydrogens (tertiary/aromatic N) is 7. The van der Waals surface area contributed by atoms with Crippen molar-refractivity contribution in [3.8, 4) is 0 Å². The van der Waals surface area contributed by atoms with E-state index in [0.717, 1.165) is 23.6 Å². The number of dihydropyridines is 1. The van der Waals surface area contributed by atoms with Crippen LogP contribution in [0.15, 0.2) is 26.8 Å². The predicted octanol–water partition coefficient (Wildman–Crippen LogP) is 1.21. The molecule has 0 saturated heterocycles. The number of aryl methyl sites for hydroxylation is 4. The van der Waals surface area contributed by atoms with Crippen molar-refractivity contribution in [1.82, 2.24) is 19.6 Å². The van der Waals surface area contributed by atoms with Gasteiger partial charge in [-0.2, -0.15) is 10.2 Å². The Morgan fingerprint density at radius 3 is 1.90 bits per heavy atom. The van der Waals surface area contributed by atoms with E-state index in [-0.39, 0.29) is 0 Å². The van der Waals surface area contributed by atoms with E-state index >= 15 is 0 Å². The smallest absolute Gasteiger partial charge is 0.148 e. The van der Waals surface area contributed by atoms with Crippen molar-refractivity contribution in [1.29, 1.82) is 0 Å². The third-order valence-corrected chi connectivity index (χ3v) is 4.31. The lowest BCUT2D eigenvalue weighted by molar-refractivity contribution is 0.663. The third-order valence-electron chi connectivity index (χ3n) is 4.31. The fourth-order valence-corrected chi connectivity index (χ4v) is 2.76. The number of nitrogens with two attached hydrogens (primary N) is 4. The van der Waals surface area contributed by atoms with Crippen LogP contribution in [0.1, 0.15) is 25.2 Å². The van der Waals surface area contributed by atoms with Gasteiger partial charge in [0.15, 0.2) is 0 Å².